The van der Waals surface area contributed by atoms with Crippen LogP contribution in [0.25, 0.3) is 11.3 Å². The predicted octanol–water partition coefficient (Wildman–Crippen LogP) is 9.56. The summed E-state index contributed by atoms with van der Waals surface area (Å²) < 4.78 is 11.3. The normalized spacial score (nSPS) is 10.8. The Balaban J connectivity index is 1.37. The van der Waals surface area contributed by atoms with Crippen LogP contribution in [0.1, 0.15) is 106 Å². The zero-order valence-electron chi connectivity index (χ0n) is 24.3. The summed E-state index contributed by atoms with van der Waals surface area (Å²) in [4.78, 5) is 21.3. The first-order chi connectivity index (χ1) is 19.7. The smallest absolute Gasteiger partial charge is 0.344 e. The van der Waals surface area contributed by atoms with Crippen LogP contribution < -0.4 is 9.47 Å². The van der Waals surface area contributed by atoms with Gasteiger partial charge in [-0.25, -0.2) is 14.8 Å². The molecule has 0 bridgehead atoms. The quantitative estimate of drug-likeness (QED) is 0.0808. The van der Waals surface area contributed by atoms with Crippen molar-refractivity contribution in [2.75, 3.05) is 6.61 Å². The maximum Gasteiger partial charge on any atom is 0.344 e. The molecule has 214 valence electrons. The van der Waals surface area contributed by atoms with Crippen molar-refractivity contribution >= 4 is 5.97 Å². The van der Waals surface area contributed by atoms with Crippen LogP contribution >= 0.6 is 0 Å². The lowest BCUT2D eigenvalue weighted by molar-refractivity contribution is 0.0727. The molecule has 0 radical (unpaired) electrons. The van der Waals surface area contributed by atoms with E-state index in [-0.39, 0.29) is 5.88 Å². The molecule has 0 aliphatic heterocycles. The summed E-state index contributed by atoms with van der Waals surface area (Å²) in [5, 5.41) is 0. The topological polar surface area (TPSA) is 61.3 Å². The zero-order chi connectivity index (χ0) is 28.3. The molecular weight excluding hydrogens is 496 g/mol. The molecule has 0 saturated carbocycles. The molecule has 0 amide bonds. The number of ether oxygens (including phenoxy) is 2. The Kier molecular flexibility index (Phi) is 14.6. The van der Waals surface area contributed by atoms with Crippen LogP contribution in [0.15, 0.2) is 73.6 Å². The van der Waals surface area contributed by atoms with E-state index < -0.39 is 5.97 Å². The number of allylic oxidation sites excluding steroid dienone is 1. The van der Waals surface area contributed by atoms with Gasteiger partial charge in [-0.2, -0.15) is 0 Å². The van der Waals surface area contributed by atoms with E-state index >= 15 is 0 Å². The molecule has 5 heteroatoms. The number of hydrogen-bond donors (Lipinski definition) is 0. The van der Waals surface area contributed by atoms with E-state index in [0.717, 1.165) is 37.2 Å². The monoisotopic (exact) mass is 542 g/mol. The molecule has 0 fully saturated rings. The number of esters is 1. The molecule has 0 spiro atoms. The second kappa shape index (κ2) is 18.8. The first-order valence-electron chi connectivity index (χ1n) is 15.2. The number of rotatable bonds is 20. The van der Waals surface area contributed by atoms with E-state index in [1.165, 1.54) is 82.4 Å². The van der Waals surface area contributed by atoms with Crippen molar-refractivity contribution < 1.29 is 14.3 Å². The standard InChI is InChI=1S/C35H46N2O3/c1-3-5-7-9-11-12-13-15-17-29-18-20-31(21-19-29)35(38)40-34-28-36-33(27-37-34)30-22-24-32(25-23-30)39-26-16-14-10-8-6-4-2/h3,18-25,27-28H,1,4-17,26H2,2H3. The Bertz CT molecular complexity index is 1110. The lowest BCUT2D eigenvalue weighted by atomic mass is 10.0. The highest BCUT2D eigenvalue weighted by Crippen LogP contribution is 2.22. The van der Waals surface area contributed by atoms with Gasteiger partial charge in [-0.1, -0.05) is 82.9 Å². The maximum absolute atomic E-state index is 12.6. The fraction of sp³-hybridized carbons (Fsp3) is 0.457. The molecule has 40 heavy (non-hydrogen) atoms. The SMILES string of the molecule is C=CCCCCCCCCc1ccc(C(=O)Oc2cnc(-c3ccc(OCCCCCCCC)cc3)cn2)cc1. The van der Waals surface area contributed by atoms with E-state index in [1.807, 2.05) is 54.6 Å². The molecule has 2 aromatic carbocycles. The van der Waals surface area contributed by atoms with Crippen LogP contribution in [0, 0.1) is 0 Å². The van der Waals surface area contributed by atoms with Crippen molar-refractivity contribution in [1.29, 1.82) is 0 Å². The van der Waals surface area contributed by atoms with Crippen LogP contribution in [0.5, 0.6) is 11.6 Å². The number of hydrogen-bond acceptors (Lipinski definition) is 5. The van der Waals surface area contributed by atoms with E-state index in [0.29, 0.717) is 11.3 Å². The van der Waals surface area contributed by atoms with Gasteiger partial charge in [-0.05, 0) is 74.1 Å². The molecule has 0 N–H and O–H groups in total. The van der Waals surface area contributed by atoms with E-state index in [2.05, 4.69) is 23.5 Å². The van der Waals surface area contributed by atoms with Crippen molar-refractivity contribution in [3.8, 4) is 22.9 Å². The fourth-order valence-corrected chi connectivity index (χ4v) is 4.60. The van der Waals surface area contributed by atoms with E-state index in [4.69, 9.17) is 9.47 Å². The van der Waals surface area contributed by atoms with Crippen LogP contribution in [-0.4, -0.2) is 22.5 Å². The Morgan fingerprint density at radius 2 is 1.45 bits per heavy atom. The van der Waals surface area contributed by atoms with Crippen molar-refractivity contribution in [1.82, 2.24) is 9.97 Å². The molecular formula is C35H46N2O3. The molecule has 0 unspecified atom stereocenters. The first-order valence-corrected chi connectivity index (χ1v) is 15.2. The minimum Gasteiger partial charge on any atom is -0.494 e. The van der Waals surface area contributed by atoms with E-state index in [9.17, 15) is 4.79 Å². The van der Waals surface area contributed by atoms with Crippen LogP contribution in [0.4, 0.5) is 0 Å². The first kappa shape index (κ1) is 31.1. The molecule has 3 aromatic rings. The predicted molar refractivity (Wildman–Crippen MR) is 164 cm³/mol. The number of aromatic nitrogens is 2. The molecule has 0 aliphatic carbocycles. The van der Waals surface area contributed by atoms with Gasteiger partial charge in [-0.15, -0.1) is 6.58 Å². The summed E-state index contributed by atoms with van der Waals surface area (Å²) in [5.41, 5.74) is 3.39. The third-order valence-electron chi connectivity index (χ3n) is 7.06. The highest BCUT2D eigenvalue weighted by Gasteiger charge is 2.11. The molecule has 0 aliphatic rings. The number of carbonyl (C=O) groups excluding carboxylic acids is 1. The fourth-order valence-electron chi connectivity index (χ4n) is 4.60. The van der Waals surface area contributed by atoms with E-state index in [1.54, 1.807) is 6.20 Å². The lowest BCUT2D eigenvalue weighted by Crippen LogP contribution is -2.09. The third kappa shape index (κ3) is 11.7. The Morgan fingerprint density at radius 1 is 0.775 bits per heavy atom. The summed E-state index contributed by atoms with van der Waals surface area (Å²) in [6.07, 6.45) is 22.3. The van der Waals surface area contributed by atoms with Crippen molar-refractivity contribution in [2.45, 2.75) is 96.8 Å². The van der Waals surface area contributed by atoms with Crippen molar-refractivity contribution in [3.05, 3.63) is 84.7 Å². The van der Waals surface area contributed by atoms with Gasteiger partial charge in [-0.3, -0.25) is 0 Å². The average molecular weight is 543 g/mol. The Morgan fingerprint density at radius 3 is 2.12 bits per heavy atom. The molecule has 0 atom stereocenters. The second-order valence-electron chi connectivity index (χ2n) is 10.4. The van der Waals surface area contributed by atoms with Crippen LogP contribution in [0.2, 0.25) is 0 Å². The highest BCUT2D eigenvalue weighted by atomic mass is 16.5. The third-order valence-corrected chi connectivity index (χ3v) is 7.06. The molecule has 3 rings (SSSR count). The summed E-state index contributed by atoms with van der Waals surface area (Å²) in [6.45, 7) is 6.75. The molecule has 1 aromatic heterocycles. The van der Waals surface area contributed by atoms with Gasteiger partial charge in [0.2, 0.25) is 5.88 Å². The lowest BCUT2D eigenvalue weighted by Gasteiger charge is -2.08. The van der Waals surface area contributed by atoms with Crippen molar-refractivity contribution in [2.24, 2.45) is 0 Å². The van der Waals surface area contributed by atoms with Gasteiger partial charge >= 0.3 is 5.97 Å². The molecule has 5 nitrogen and oxygen atoms in total. The second-order valence-corrected chi connectivity index (χ2v) is 10.4. The molecule has 0 saturated heterocycles. The summed E-state index contributed by atoms with van der Waals surface area (Å²) in [7, 11) is 0. The van der Waals surface area contributed by atoms with Crippen LogP contribution in [-0.2, 0) is 6.42 Å². The number of carbonyl (C=O) groups is 1. The van der Waals surface area contributed by atoms with Crippen LogP contribution in [0.3, 0.4) is 0 Å². The van der Waals surface area contributed by atoms with Gasteiger partial charge in [0.05, 0.1) is 30.3 Å². The Hall–Kier alpha value is -3.47. The summed E-state index contributed by atoms with van der Waals surface area (Å²) >= 11 is 0. The van der Waals surface area contributed by atoms with Crippen molar-refractivity contribution in [3.63, 3.8) is 0 Å². The average Bonchev–Trinajstić information content (AvgIpc) is 2.99. The Labute approximate surface area is 241 Å². The number of aryl methyl sites for hydroxylation is 1. The number of benzene rings is 2. The van der Waals surface area contributed by atoms with Gasteiger partial charge in [0, 0.05) is 5.56 Å². The highest BCUT2D eigenvalue weighted by molar-refractivity contribution is 5.90. The largest absolute Gasteiger partial charge is 0.494 e. The summed E-state index contributed by atoms with van der Waals surface area (Å²) in [6, 6.07) is 15.5. The van der Waals surface area contributed by atoms with Gasteiger partial charge in [0.1, 0.15) is 5.75 Å². The van der Waals surface area contributed by atoms with Gasteiger partial charge in [0.25, 0.3) is 0 Å². The van der Waals surface area contributed by atoms with Gasteiger partial charge in [0.15, 0.2) is 0 Å². The maximum atomic E-state index is 12.6. The minimum atomic E-state index is -0.431. The van der Waals surface area contributed by atoms with Gasteiger partial charge < -0.3 is 9.47 Å². The summed E-state index contributed by atoms with van der Waals surface area (Å²) in [5.74, 6) is 0.613. The number of unbranched alkanes of at least 4 members (excludes halogenated alkanes) is 11. The minimum absolute atomic E-state index is 0.185. The molecule has 1 heterocycles. The zero-order valence-corrected chi connectivity index (χ0v) is 24.3. The number of nitrogens with zero attached hydrogens (tertiary/aromatic N) is 2.